The van der Waals surface area contributed by atoms with Gasteiger partial charge in [0.25, 0.3) is 5.56 Å². The molecule has 0 aliphatic carbocycles. The highest BCUT2D eigenvalue weighted by atomic mass is 19.1. The van der Waals surface area contributed by atoms with E-state index < -0.39 is 11.6 Å². The molecule has 18 heavy (non-hydrogen) atoms. The zero-order valence-electron chi connectivity index (χ0n) is 9.41. The molecule has 0 fully saturated rings. The molecule has 0 aliphatic heterocycles. The minimum Gasteiger partial charge on any atom is -0.383 e. The molecule has 0 saturated carbocycles. The summed E-state index contributed by atoms with van der Waals surface area (Å²) < 4.78 is 25.8. The largest absolute Gasteiger partial charge is 0.383 e. The topological polar surface area (TPSA) is 57.8 Å². The van der Waals surface area contributed by atoms with Gasteiger partial charge in [0.1, 0.15) is 11.6 Å². The summed E-state index contributed by atoms with van der Waals surface area (Å²) in [7, 11) is 0. The van der Waals surface area contributed by atoms with E-state index in [0.29, 0.717) is 24.2 Å². The van der Waals surface area contributed by atoms with Crippen LogP contribution in [0.2, 0.25) is 0 Å². The fourth-order valence-corrected chi connectivity index (χ4v) is 1.58. The summed E-state index contributed by atoms with van der Waals surface area (Å²) >= 11 is 0. The second-order valence-electron chi connectivity index (χ2n) is 3.79. The highest BCUT2D eigenvalue weighted by Crippen LogP contribution is 2.09. The van der Waals surface area contributed by atoms with Gasteiger partial charge in [0.15, 0.2) is 0 Å². The van der Waals surface area contributed by atoms with Crippen molar-refractivity contribution in [1.82, 2.24) is 10.2 Å². The first kappa shape index (κ1) is 12.2. The molecule has 1 aromatic carbocycles. The Labute approximate surface area is 102 Å². The molecule has 4 nitrogen and oxygen atoms in total. The Hall–Kier alpha value is -2.24. The van der Waals surface area contributed by atoms with E-state index in [1.807, 2.05) is 0 Å². The SMILES string of the molecule is O=c1cc(NCCc2cc(F)cc(F)c2)cn[nH]1. The Morgan fingerprint density at radius 3 is 2.56 bits per heavy atom. The number of H-pyrrole nitrogens is 1. The van der Waals surface area contributed by atoms with Gasteiger partial charge in [-0.05, 0) is 24.1 Å². The molecule has 0 radical (unpaired) electrons. The average molecular weight is 251 g/mol. The molecular weight excluding hydrogens is 240 g/mol. The zero-order chi connectivity index (χ0) is 13.0. The zero-order valence-corrected chi connectivity index (χ0v) is 9.41. The lowest BCUT2D eigenvalue weighted by molar-refractivity contribution is 0.580. The standard InChI is InChI=1S/C12H11F2N3O/c13-9-3-8(4-10(14)5-9)1-2-15-11-6-12(18)17-16-7-11/h3-7H,1-2H2,(H2,15,17,18). The number of hydrogen-bond donors (Lipinski definition) is 2. The third-order valence-electron chi connectivity index (χ3n) is 2.33. The number of hydrogen-bond acceptors (Lipinski definition) is 3. The first-order valence-corrected chi connectivity index (χ1v) is 5.37. The molecular formula is C12H11F2N3O. The van der Waals surface area contributed by atoms with Crippen LogP contribution in [0.1, 0.15) is 5.56 Å². The summed E-state index contributed by atoms with van der Waals surface area (Å²) in [5, 5.41) is 8.81. The monoisotopic (exact) mass is 251 g/mol. The third-order valence-corrected chi connectivity index (χ3v) is 2.33. The van der Waals surface area contributed by atoms with E-state index in [0.717, 1.165) is 6.07 Å². The van der Waals surface area contributed by atoms with Gasteiger partial charge in [0.05, 0.1) is 11.9 Å². The van der Waals surface area contributed by atoms with Crippen LogP contribution in [0.25, 0.3) is 0 Å². The smallest absolute Gasteiger partial charge is 0.266 e. The van der Waals surface area contributed by atoms with Crippen LogP contribution in [0.3, 0.4) is 0 Å². The molecule has 0 unspecified atom stereocenters. The summed E-state index contributed by atoms with van der Waals surface area (Å²) in [6.07, 6.45) is 1.91. The summed E-state index contributed by atoms with van der Waals surface area (Å²) in [6, 6.07) is 4.75. The lowest BCUT2D eigenvalue weighted by Crippen LogP contribution is -2.11. The van der Waals surface area contributed by atoms with Crippen molar-refractivity contribution in [3.8, 4) is 0 Å². The minimum atomic E-state index is -0.595. The lowest BCUT2D eigenvalue weighted by atomic mass is 10.1. The van der Waals surface area contributed by atoms with Crippen molar-refractivity contribution in [3.63, 3.8) is 0 Å². The van der Waals surface area contributed by atoms with E-state index in [1.165, 1.54) is 24.4 Å². The first-order chi connectivity index (χ1) is 8.63. The first-order valence-electron chi connectivity index (χ1n) is 5.37. The molecule has 94 valence electrons. The third kappa shape index (κ3) is 3.38. The number of nitrogens with zero attached hydrogens (tertiary/aromatic N) is 1. The second kappa shape index (κ2) is 5.39. The highest BCUT2D eigenvalue weighted by molar-refractivity contribution is 5.38. The van der Waals surface area contributed by atoms with Crippen molar-refractivity contribution in [3.05, 3.63) is 58.0 Å². The number of anilines is 1. The Bertz CT molecular complexity index is 578. The van der Waals surface area contributed by atoms with Gasteiger partial charge in [-0.25, -0.2) is 13.9 Å². The van der Waals surface area contributed by atoms with E-state index >= 15 is 0 Å². The number of aromatic amines is 1. The molecule has 0 bridgehead atoms. The fraction of sp³-hybridized carbons (Fsp3) is 0.167. The van der Waals surface area contributed by atoms with Crippen molar-refractivity contribution in [1.29, 1.82) is 0 Å². The van der Waals surface area contributed by atoms with Gasteiger partial charge in [-0.2, -0.15) is 5.10 Å². The maximum absolute atomic E-state index is 12.9. The molecule has 2 N–H and O–H groups in total. The van der Waals surface area contributed by atoms with Crippen molar-refractivity contribution in [2.75, 3.05) is 11.9 Å². The Morgan fingerprint density at radius 2 is 1.89 bits per heavy atom. The van der Waals surface area contributed by atoms with Gasteiger partial charge in [-0.3, -0.25) is 4.79 Å². The second-order valence-corrected chi connectivity index (χ2v) is 3.79. The molecule has 0 amide bonds. The maximum Gasteiger partial charge on any atom is 0.266 e. The lowest BCUT2D eigenvalue weighted by Gasteiger charge is -2.05. The predicted molar refractivity (Wildman–Crippen MR) is 63.4 cm³/mol. The van der Waals surface area contributed by atoms with Crippen LogP contribution in [0.4, 0.5) is 14.5 Å². The van der Waals surface area contributed by atoms with Gasteiger partial charge in [-0.1, -0.05) is 0 Å². The molecule has 6 heteroatoms. The number of benzene rings is 1. The van der Waals surface area contributed by atoms with Crippen LogP contribution in [-0.4, -0.2) is 16.7 Å². The molecule has 0 spiro atoms. The summed E-state index contributed by atoms with van der Waals surface area (Å²) in [4.78, 5) is 11.0. The van der Waals surface area contributed by atoms with Crippen molar-refractivity contribution in [2.45, 2.75) is 6.42 Å². The van der Waals surface area contributed by atoms with E-state index in [2.05, 4.69) is 15.5 Å². The van der Waals surface area contributed by atoms with Crippen LogP contribution < -0.4 is 10.9 Å². The normalized spacial score (nSPS) is 10.3. The fourth-order valence-electron chi connectivity index (χ4n) is 1.58. The van der Waals surface area contributed by atoms with Gasteiger partial charge in [0.2, 0.25) is 0 Å². The number of halogens is 2. The molecule has 2 aromatic rings. The van der Waals surface area contributed by atoms with Gasteiger partial charge < -0.3 is 5.32 Å². The molecule has 1 heterocycles. The number of nitrogens with one attached hydrogen (secondary N) is 2. The van der Waals surface area contributed by atoms with Crippen molar-refractivity contribution in [2.24, 2.45) is 0 Å². The quantitative estimate of drug-likeness (QED) is 0.869. The van der Waals surface area contributed by atoms with E-state index in [9.17, 15) is 13.6 Å². The van der Waals surface area contributed by atoms with Crippen LogP contribution in [0, 0.1) is 11.6 Å². The van der Waals surface area contributed by atoms with Crippen molar-refractivity contribution >= 4 is 5.69 Å². The summed E-state index contributed by atoms with van der Waals surface area (Å²) in [5.74, 6) is -1.19. The predicted octanol–water partition coefficient (Wildman–Crippen LogP) is 1.70. The van der Waals surface area contributed by atoms with Gasteiger partial charge >= 0.3 is 0 Å². The van der Waals surface area contributed by atoms with Crippen LogP contribution >= 0.6 is 0 Å². The van der Waals surface area contributed by atoms with E-state index in [1.54, 1.807) is 0 Å². The van der Waals surface area contributed by atoms with Gasteiger partial charge in [-0.15, -0.1) is 0 Å². The van der Waals surface area contributed by atoms with Crippen LogP contribution in [0.15, 0.2) is 35.3 Å². The molecule has 0 atom stereocenters. The molecule has 2 rings (SSSR count). The highest BCUT2D eigenvalue weighted by Gasteiger charge is 2.00. The van der Waals surface area contributed by atoms with E-state index in [-0.39, 0.29) is 5.56 Å². The van der Waals surface area contributed by atoms with Crippen LogP contribution in [-0.2, 0) is 6.42 Å². The van der Waals surface area contributed by atoms with E-state index in [4.69, 9.17) is 0 Å². The Kier molecular flexibility index (Phi) is 3.66. The van der Waals surface area contributed by atoms with Crippen molar-refractivity contribution < 1.29 is 8.78 Å². The number of aromatic nitrogens is 2. The average Bonchev–Trinajstić information content (AvgIpc) is 2.27. The Morgan fingerprint density at radius 1 is 1.17 bits per heavy atom. The Balaban J connectivity index is 1.94. The maximum atomic E-state index is 12.9. The number of rotatable bonds is 4. The molecule has 0 aliphatic rings. The summed E-state index contributed by atoms with van der Waals surface area (Å²) in [6.45, 7) is 0.452. The summed E-state index contributed by atoms with van der Waals surface area (Å²) in [5.41, 5.74) is 0.810. The van der Waals surface area contributed by atoms with Gasteiger partial charge in [0, 0.05) is 18.7 Å². The molecule has 0 saturated heterocycles. The van der Waals surface area contributed by atoms with Crippen LogP contribution in [0.5, 0.6) is 0 Å². The molecule has 1 aromatic heterocycles. The minimum absolute atomic E-state index is 0.309.